The van der Waals surface area contributed by atoms with Crippen LogP contribution >= 0.6 is 11.3 Å². The molecular weight excluding hydrogens is 222 g/mol. The molecule has 0 bridgehead atoms. The minimum Gasteiger partial charge on any atom is -0.288 e. The maximum atomic E-state index is 11.6. The third kappa shape index (κ3) is 4.59. The lowest BCUT2D eigenvalue weighted by Crippen LogP contribution is -2.15. The molecular formula is C12H17NO2S. The van der Waals surface area contributed by atoms with Crippen molar-refractivity contribution < 1.29 is 9.63 Å². The highest BCUT2D eigenvalue weighted by molar-refractivity contribution is 7.12. The fourth-order valence-corrected chi connectivity index (χ4v) is 1.63. The third-order valence-corrected chi connectivity index (χ3v) is 2.70. The number of hydroxylamine groups is 2. The monoisotopic (exact) mass is 239 g/mol. The van der Waals surface area contributed by atoms with Gasteiger partial charge in [-0.15, -0.1) is 11.3 Å². The maximum Gasteiger partial charge on any atom is 0.197 e. The van der Waals surface area contributed by atoms with Crippen molar-refractivity contribution in [1.82, 2.24) is 5.06 Å². The van der Waals surface area contributed by atoms with E-state index in [2.05, 4.69) is 13.8 Å². The molecule has 1 heterocycles. The zero-order valence-corrected chi connectivity index (χ0v) is 10.7. The van der Waals surface area contributed by atoms with Crippen molar-refractivity contribution in [3.8, 4) is 0 Å². The molecule has 1 aromatic rings. The van der Waals surface area contributed by atoms with Crippen molar-refractivity contribution in [2.24, 2.45) is 5.92 Å². The van der Waals surface area contributed by atoms with Gasteiger partial charge < -0.3 is 0 Å². The van der Waals surface area contributed by atoms with Gasteiger partial charge in [-0.1, -0.05) is 19.9 Å². The average molecular weight is 239 g/mol. The van der Waals surface area contributed by atoms with E-state index in [-0.39, 0.29) is 5.78 Å². The minimum atomic E-state index is 0.00926. The molecule has 1 aromatic heterocycles. The Balaban J connectivity index is 2.38. The predicted octanol–water partition coefficient (Wildman–Crippen LogP) is 2.96. The Labute approximate surface area is 100 Å². The Bertz CT molecular complexity index is 344. The van der Waals surface area contributed by atoms with Gasteiger partial charge in [-0.05, 0) is 17.4 Å². The number of hydrogen-bond acceptors (Lipinski definition) is 4. The summed E-state index contributed by atoms with van der Waals surface area (Å²) in [6, 6.07) is 3.68. The first-order valence-corrected chi connectivity index (χ1v) is 6.09. The van der Waals surface area contributed by atoms with E-state index in [9.17, 15) is 4.79 Å². The number of allylic oxidation sites excluding steroid dienone is 1. The summed E-state index contributed by atoms with van der Waals surface area (Å²) in [6.07, 6.45) is 3.16. The smallest absolute Gasteiger partial charge is 0.197 e. The van der Waals surface area contributed by atoms with Gasteiger partial charge in [0.1, 0.15) is 0 Å². The van der Waals surface area contributed by atoms with Crippen molar-refractivity contribution in [1.29, 1.82) is 0 Å². The van der Waals surface area contributed by atoms with Gasteiger partial charge in [0, 0.05) is 19.3 Å². The molecule has 0 saturated heterocycles. The van der Waals surface area contributed by atoms with E-state index in [0.717, 1.165) is 4.88 Å². The number of hydrogen-bond donors (Lipinski definition) is 0. The quantitative estimate of drug-likeness (QED) is 0.434. The maximum absolute atomic E-state index is 11.6. The number of ketones is 1. The lowest BCUT2D eigenvalue weighted by atomic mass is 10.2. The van der Waals surface area contributed by atoms with Crippen LogP contribution in [0.15, 0.2) is 29.8 Å². The van der Waals surface area contributed by atoms with Crippen LogP contribution in [0.4, 0.5) is 0 Å². The summed E-state index contributed by atoms with van der Waals surface area (Å²) in [7, 11) is 1.78. The van der Waals surface area contributed by atoms with Crippen LogP contribution in [-0.2, 0) is 4.84 Å². The minimum absolute atomic E-state index is 0.00926. The Hall–Kier alpha value is -1.13. The van der Waals surface area contributed by atoms with Crippen molar-refractivity contribution in [3.63, 3.8) is 0 Å². The number of carbonyl (C=O) groups is 1. The molecule has 88 valence electrons. The van der Waals surface area contributed by atoms with Crippen molar-refractivity contribution >= 4 is 17.1 Å². The van der Waals surface area contributed by atoms with E-state index >= 15 is 0 Å². The summed E-state index contributed by atoms with van der Waals surface area (Å²) in [4.78, 5) is 17.7. The second-order valence-corrected chi connectivity index (χ2v) is 4.84. The Morgan fingerprint density at radius 3 is 2.94 bits per heavy atom. The van der Waals surface area contributed by atoms with Crippen LogP contribution in [0.25, 0.3) is 0 Å². The van der Waals surface area contributed by atoms with Crippen LogP contribution < -0.4 is 0 Å². The largest absolute Gasteiger partial charge is 0.288 e. The molecule has 16 heavy (non-hydrogen) atoms. The first-order valence-electron chi connectivity index (χ1n) is 5.21. The van der Waals surface area contributed by atoms with E-state index in [1.54, 1.807) is 18.3 Å². The van der Waals surface area contributed by atoms with Crippen molar-refractivity contribution in [3.05, 3.63) is 34.7 Å². The summed E-state index contributed by atoms with van der Waals surface area (Å²) >= 11 is 1.44. The molecule has 0 fully saturated rings. The molecule has 0 aromatic carbocycles. The number of rotatable bonds is 6. The first kappa shape index (κ1) is 12.9. The first-order chi connectivity index (χ1) is 7.59. The van der Waals surface area contributed by atoms with Gasteiger partial charge in [0.25, 0.3) is 0 Å². The summed E-state index contributed by atoms with van der Waals surface area (Å²) in [6.45, 7) is 4.80. The van der Waals surface area contributed by atoms with Gasteiger partial charge in [-0.3, -0.25) is 14.7 Å². The molecule has 0 unspecified atom stereocenters. The highest BCUT2D eigenvalue weighted by Gasteiger charge is 2.02. The van der Waals surface area contributed by atoms with E-state index in [1.165, 1.54) is 17.4 Å². The number of thiophene rings is 1. The van der Waals surface area contributed by atoms with Crippen molar-refractivity contribution in [2.75, 3.05) is 13.7 Å². The molecule has 3 nitrogen and oxygen atoms in total. The van der Waals surface area contributed by atoms with Crippen LogP contribution in [0.1, 0.15) is 23.5 Å². The van der Waals surface area contributed by atoms with Gasteiger partial charge in [-0.2, -0.15) is 0 Å². The van der Waals surface area contributed by atoms with Crippen LogP contribution in [0.3, 0.4) is 0 Å². The molecule has 0 saturated carbocycles. The summed E-state index contributed by atoms with van der Waals surface area (Å²) < 4.78 is 0. The second kappa shape index (κ2) is 6.45. The highest BCUT2D eigenvalue weighted by atomic mass is 32.1. The van der Waals surface area contributed by atoms with Crippen LogP contribution in [0.5, 0.6) is 0 Å². The lowest BCUT2D eigenvalue weighted by Gasteiger charge is -2.15. The van der Waals surface area contributed by atoms with Gasteiger partial charge in [0.15, 0.2) is 5.78 Å². The zero-order chi connectivity index (χ0) is 12.0. The topological polar surface area (TPSA) is 29.5 Å². The molecule has 4 heteroatoms. The number of carbonyl (C=O) groups excluding carboxylic acids is 1. The molecule has 0 aliphatic carbocycles. The van der Waals surface area contributed by atoms with Crippen molar-refractivity contribution in [2.45, 2.75) is 13.8 Å². The molecule has 0 atom stereocenters. The van der Waals surface area contributed by atoms with E-state index in [1.807, 2.05) is 17.5 Å². The molecule has 1 rings (SSSR count). The lowest BCUT2D eigenvalue weighted by molar-refractivity contribution is -0.110. The molecule has 0 spiro atoms. The number of nitrogens with zero attached hydrogens (tertiary/aromatic N) is 1. The van der Waals surface area contributed by atoms with Gasteiger partial charge in [0.2, 0.25) is 0 Å². The summed E-state index contributed by atoms with van der Waals surface area (Å²) in [5.74, 6) is 0.485. The zero-order valence-electron chi connectivity index (χ0n) is 9.84. The molecule has 0 aliphatic heterocycles. The molecule has 0 N–H and O–H groups in total. The predicted molar refractivity (Wildman–Crippen MR) is 66.3 cm³/mol. The van der Waals surface area contributed by atoms with E-state index in [4.69, 9.17) is 4.84 Å². The van der Waals surface area contributed by atoms with Crippen LogP contribution in [0.2, 0.25) is 0 Å². The third-order valence-electron chi connectivity index (χ3n) is 1.81. The van der Waals surface area contributed by atoms with Gasteiger partial charge >= 0.3 is 0 Å². The fourth-order valence-electron chi connectivity index (χ4n) is 0.983. The average Bonchev–Trinajstić information content (AvgIpc) is 2.76. The van der Waals surface area contributed by atoms with Gasteiger partial charge in [-0.25, -0.2) is 0 Å². The van der Waals surface area contributed by atoms with Crippen LogP contribution in [0, 0.1) is 5.92 Å². The SMILES string of the molecule is CC(C)CON(C)C=CC(=O)c1cccs1. The molecule has 0 amide bonds. The second-order valence-electron chi connectivity index (χ2n) is 3.89. The Morgan fingerprint density at radius 2 is 2.38 bits per heavy atom. The van der Waals surface area contributed by atoms with Crippen LogP contribution in [-0.4, -0.2) is 24.5 Å². The fraction of sp³-hybridized carbons (Fsp3) is 0.417. The highest BCUT2D eigenvalue weighted by Crippen LogP contribution is 2.09. The normalized spacial score (nSPS) is 11.2. The van der Waals surface area contributed by atoms with E-state index in [0.29, 0.717) is 12.5 Å². The standard InChI is InChI=1S/C12H17NO2S/c1-10(2)9-15-13(3)7-6-11(14)12-5-4-8-16-12/h4-8,10H,9H2,1-3H3. The van der Waals surface area contributed by atoms with E-state index < -0.39 is 0 Å². The summed E-state index contributed by atoms with van der Waals surface area (Å²) in [5, 5.41) is 3.45. The Kier molecular flexibility index (Phi) is 5.22. The Morgan fingerprint density at radius 1 is 1.62 bits per heavy atom. The van der Waals surface area contributed by atoms with Gasteiger partial charge in [0.05, 0.1) is 11.5 Å². The summed E-state index contributed by atoms with van der Waals surface area (Å²) in [5.41, 5.74) is 0. The molecule has 0 aliphatic rings. The molecule has 0 radical (unpaired) electrons.